The van der Waals surface area contributed by atoms with Crippen LogP contribution < -0.4 is 9.64 Å². The van der Waals surface area contributed by atoms with Crippen molar-refractivity contribution in [3.8, 4) is 17.3 Å². The molecule has 0 bridgehead atoms. The molecule has 1 aromatic carbocycles. The predicted molar refractivity (Wildman–Crippen MR) is 139 cm³/mol. The number of imidazole rings is 1. The Kier molecular flexibility index (Phi) is 5.81. The van der Waals surface area contributed by atoms with Crippen LogP contribution >= 0.6 is 11.6 Å². The van der Waals surface area contributed by atoms with Crippen LogP contribution in [-0.2, 0) is 19.5 Å². The fraction of sp³-hybridized carbons (Fsp3) is 0.520. The Balaban J connectivity index is 1.05. The van der Waals surface area contributed by atoms with Gasteiger partial charge in [-0.2, -0.15) is 9.29 Å². The van der Waals surface area contributed by atoms with Crippen LogP contribution in [0.4, 0.5) is 5.69 Å². The number of anilines is 1. The molecule has 0 radical (unpaired) electrons. The Hall–Kier alpha value is -2.44. The van der Waals surface area contributed by atoms with Crippen molar-refractivity contribution in [2.45, 2.75) is 42.8 Å². The lowest BCUT2D eigenvalue weighted by molar-refractivity contribution is 0.0273. The van der Waals surface area contributed by atoms with Crippen molar-refractivity contribution in [2.24, 2.45) is 0 Å². The molecule has 0 amide bonds. The van der Waals surface area contributed by atoms with E-state index in [0.29, 0.717) is 67.3 Å². The van der Waals surface area contributed by atoms with Crippen molar-refractivity contribution in [3.05, 3.63) is 35.4 Å². The molecular formula is C25H28ClN5O5S. The average Bonchev–Trinajstić information content (AvgIpc) is 3.39. The molecule has 7 rings (SSSR count). The zero-order valence-electron chi connectivity index (χ0n) is 20.2. The molecule has 1 unspecified atom stereocenters. The van der Waals surface area contributed by atoms with Gasteiger partial charge in [-0.05, 0) is 37.5 Å². The van der Waals surface area contributed by atoms with Gasteiger partial charge in [0.2, 0.25) is 10.0 Å². The molecule has 1 N–H and O–H groups in total. The second kappa shape index (κ2) is 9.09. The number of aromatic amines is 1. The van der Waals surface area contributed by atoms with E-state index < -0.39 is 10.0 Å². The van der Waals surface area contributed by atoms with Crippen molar-refractivity contribution in [1.82, 2.24) is 19.3 Å². The Morgan fingerprint density at radius 1 is 1.03 bits per heavy atom. The third kappa shape index (κ3) is 4.36. The maximum atomic E-state index is 12.5. The molecule has 5 heterocycles. The summed E-state index contributed by atoms with van der Waals surface area (Å²) in [4.78, 5) is 14.6. The quantitative estimate of drug-likeness (QED) is 0.503. The number of aromatic nitrogens is 3. The molecule has 196 valence electrons. The molecule has 0 spiro atoms. The molecule has 12 heteroatoms. The monoisotopic (exact) mass is 545 g/mol. The lowest BCUT2D eigenvalue weighted by Crippen LogP contribution is -2.49. The van der Waals surface area contributed by atoms with Gasteiger partial charge < -0.3 is 24.1 Å². The van der Waals surface area contributed by atoms with Gasteiger partial charge >= 0.3 is 0 Å². The molecular weight excluding hydrogens is 518 g/mol. The number of nitrogens with zero attached hydrogens (tertiary/aromatic N) is 4. The highest BCUT2D eigenvalue weighted by Gasteiger charge is 2.44. The molecule has 4 fully saturated rings. The minimum Gasteiger partial charge on any atom is -0.456 e. The van der Waals surface area contributed by atoms with E-state index in [4.69, 9.17) is 30.8 Å². The van der Waals surface area contributed by atoms with Gasteiger partial charge in [-0.25, -0.2) is 13.4 Å². The SMILES string of the molecule is O=S(=O)(C1CC1)N1CCN(c2ccc(-c3nc4nc(OC5CO[C@@H]6CCO[C@H]56)[nH]c4cc3Cl)cc2)CC1. The van der Waals surface area contributed by atoms with Crippen LogP contribution in [-0.4, -0.2) is 90.6 Å². The number of halogens is 1. The van der Waals surface area contributed by atoms with Crippen molar-refractivity contribution in [1.29, 1.82) is 0 Å². The summed E-state index contributed by atoms with van der Waals surface area (Å²) in [6.45, 7) is 3.55. The number of hydrogen-bond donors (Lipinski definition) is 1. The highest BCUT2D eigenvalue weighted by molar-refractivity contribution is 7.90. The van der Waals surface area contributed by atoms with Crippen LogP contribution in [0.5, 0.6) is 6.01 Å². The zero-order chi connectivity index (χ0) is 25.1. The number of H-pyrrole nitrogens is 1. The first-order chi connectivity index (χ1) is 18.0. The lowest BCUT2D eigenvalue weighted by atomic mass is 10.1. The number of nitrogens with one attached hydrogen (secondary N) is 1. The molecule has 3 aliphatic heterocycles. The first kappa shape index (κ1) is 23.7. The number of rotatable bonds is 6. The van der Waals surface area contributed by atoms with E-state index >= 15 is 0 Å². The first-order valence-corrected chi connectivity index (χ1v) is 14.6. The number of fused-ring (bicyclic) bond motifs is 2. The van der Waals surface area contributed by atoms with Gasteiger partial charge in [0.1, 0.15) is 6.10 Å². The summed E-state index contributed by atoms with van der Waals surface area (Å²) in [6, 6.07) is 10.2. The van der Waals surface area contributed by atoms with E-state index in [1.165, 1.54) is 0 Å². The van der Waals surface area contributed by atoms with E-state index in [1.807, 2.05) is 30.3 Å². The summed E-state index contributed by atoms with van der Waals surface area (Å²) in [5, 5.41) is 0.355. The largest absolute Gasteiger partial charge is 0.456 e. The minimum atomic E-state index is -3.12. The van der Waals surface area contributed by atoms with Gasteiger partial charge in [0, 0.05) is 44.0 Å². The standard InChI is InChI=1S/C25H28ClN5O5S/c26-18-13-19-24(29-25(27-19)36-21-14-35-20-7-12-34-23(20)21)28-22(18)15-1-3-16(4-2-15)30-8-10-31(11-9-30)37(32,33)17-5-6-17/h1-4,13,17,20-21,23H,5-12,14H2,(H,27,28,29)/t20-,21?,23+/m1/s1. The molecule has 37 heavy (non-hydrogen) atoms. The molecule has 3 aromatic rings. The van der Waals surface area contributed by atoms with Gasteiger partial charge in [-0.1, -0.05) is 23.7 Å². The Morgan fingerprint density at radius 3 is 2.57 bits per heavy atom. The van der Waals surface area contributed by atoms with Gasteiger partial charge in [0.15, 0.2) is 11.8 Å². The summed E-state index contributed by atoms with van der Waals surface area (Å²) in [7, 11) is -3.12. The number of benzene rings is 1. The van der Waals surface area contributed by atoms with Crippen LogP contribution in [0.15, 0.2) is 30.3 Å². The first-order valence-electron chi connectivity index (χ1n) is 12.8. The number of hydrogen-bond acceptors (Lipinski definition) is 8. The molecule has 10 nitrogen and oxygen atoms in total. The fourth-order valence-corrected chi connectivity index (χ4v) is 7.52. The van der Waals surface area contributed by atoms with Crippen LogP contribution in [0.25, 0.3) is 22.4 Å². The molecule has 2 aromatic heterocycles. The summed E-state index contributed by atoms with van der Waals surface area (Å²) in [5.74, 6) is 0. The summed E-state index contributed by atoms with van der Waals surface area (Å²) in [6.07, 6.45) is 2.31. The van der Waals surface area contributed by atoms with Crippen molar-refractivity contribution >= 4 is 38.5 Å². The van der Waals surface area contributed by atoms with Gasteiger partial charge in [-0.3, -0.25) is 0 Å². The topological polar surface area (TPSA) is 110 Å². The summed E-state index contributed by atoms with van der Waals surface area (Å²) >= 11 is 6.60. The van der Waals surface area contributed by atoms with Gasteiger partial charge in [-0.15, -0.1) is 0 Å². The molecule has 3 atom stereocenters. The van der Waals surface area contributed by atoms with Crippen LogP contribution in [0.3, 0.4) is 0 Å². The van der Waals surface area contributed by atoms with Crippen molar-refractivity contribution in [2.75, 3.05) is 44.3 Å². The fourth-order valence-electron chi connectivity index (χ4n) is 5.44. The second-order valence-electron chi connectivity index (χ2n) is 10.1. The van der Waals surface area contributed by atoms with Crippen molar-refractivity contribution < 1.29 is 22.6 Å². The zero-order valence-corrected chi connectivity index (χ0v) is 21.7. The highest BCUT2D eigenvalue weighted by atomic mass is 35.5. The van der Waals surface area contributed by atoms with E-state index in [1.54, 1.807) is 4.31 Å². The van der Waals surface area contributed by atoms with Crippen LogP contribution in [0.2, 0.25) is 5.02 Å². The Bertz CT molecular complexity index is 1420. The normalized spacial score (nSPS) is 26.6. The predicted octanol–water partition coefficient (Wildman–Crippen LogP) is 2.83. The summed E-state index contributed by atoms with van der Waals surface area (Å²) in [5.41, 5.74) is 3.78. The van der Waals surface area contributed by atoms with E-state index in [2.05, 4.69) is 14.9 Å². The third-order valence-corrected chi connectivity index (χ3v) is 10.3. The molecule has 1 aliphatic carbocycles. The third-order valence-electron chi connectivity index (χ3n) is 7.64. The lowest BCUT2D eigenvalue weighted by Gasteiger charge is -2.35. The average molecular weight is 546 g/mol. The Morgan fingerprint density at radius 2 is 1.81 bits per heavy atom. The van der Waals surface area contributed by atoms with Gasteiger partial charge in [0.05, 0.1) is 34.2 Å². The number of ether oxygens (including phenoxy) is 3. The number of piperazine rings is 1. The van der Waals surface area contributed by atoms with Crippen molar-refractivity contribution in [3.63, 3.8) is 0 Å². The van der Waals surface area contributed by atoms with Gasteiger partial charge in [0.25, 0.3) is 6.01 Å². The molecule has 3 saturated heterocycles. The summed E-state index contributed by atoms with van der Waals surface area (Å²) < 4.78 is 44.2. The van der Waals surface area contributed by atoms with E-state index in [-0.39, 0.29) is 23.6 Å². The molecule has 1 saturated carbocycles. The number of pyridine rings is 1. The maximum absolute atomic E-state index is 12.5. The molecule has 4 aliphatic rings. The maximum Gasteiger partial charge on any atom is 0.296 e. The Labute approximate surface area is 219 Å². The smallest absolute Gasteiger partial charge is 0.296 e. The van der Waals surface area contributed by atoms with Crippen LogP contribution in [0, 0.1) is 0 Å². The minimum absolute atomic E-state index is 0.0654. The van der Waals surface area contributed by atoms with Crippen LogP contribution in [0.1, 0.15) is 19.3 Å². The number of sulfonamides is 1. The van der Waals surface area contributed by atoms with E-state index in [0.717, 1.165) is 30.5 Å². The van der Waals surface area contributed by atoms with E-state index in [9.17, 15) is 8.42 Å². The highest BCUT2D eigenvalue weighted by Crippen LogP contribution is 2.34. The second-order valence-corrected chi connectivity index (χ2v) is 12.7.